The van der Waals surface area contributed by atoms with Crippen molar-refractivity contribution >= 4 is 11.0 Å². The molecule has 3 aromatic rings. The van der Waals surface area contributed by atoms with Crippen LogP contribution in [0.5, 0.6) is 11.5 Å². The molecule has 88 valence electrons. The van der Waals surface area contributed by atoms with Crippen LogP contribution in [0.25, 0.3) is 11.0 Å². The summed E-state index contributed by atoms with van der Waals surface area (Å²) in [5.74, 6) is 0.806. The highest BCUT2D eigenvalue weighted by Gasteiger charge is 2.07. The second kappa shape index (κ2) is 4.37. The normalized spacial score (nSPS) is 10.4. The lowest BCUT2D eigenvalue weighted by Crippen LogP contribution is -2.04. The highest BCUT2D eigenvalue weighted by molar-refractivity contribution is 5.77. The van der Waals surface area contributed by atoms with Gasteiger partial charge in [0.25, 0.3) is 0 Å². The van der Waals surface area contributed by atoms with Crippen molar-refractivity contribution in [3.05, 3.63) is 71.1 Å². The average Bonchev–Trinajstić information content (AvgIpc) is 2.43. The lowest BCUT2D eigenvalue weighted by Gasteiger charge is -2.04. The lowest BCUT2D eigenvalue weighted by atomic mass is 10.2. The zero-order chi connectivity index (χ0) is 12.4. The largest absolute Gasteiger partial charge is 0.460 e. The molecule has 0 spiro atoms. The van der Waals surface area contributed by atoms with Gasteiger partial charge in [0, 0.05) is 0 Å². The van der Waals surface area contributed by atoms with Gasteiger partial charge in [0.15, 0.2) is 0 Å². The van der Waals surface area contributed by atoms with E-state index >= 15 is 0 Å². The molecule has 1 heterocycles. The van der Waals surface area contributed by atoms with Gasteiger partial charge in [0.1, 0.15) is 17.6 Å². The minimum atomic E-state index is -0.166. The number of hydrogen-bond donors (Lipinski definition) is 0. The molecule has 0 aliphatic rings. The molecule has 0 aliphatic heterocycles. The fraction of sp³-hybridized carbons (Fsp3) is 0. The van der Waals surface area contributed by atoms with Crippen LogP contribution in [0.4, 0.5) is 0 Å². The SMILES string of the molecule is O=c1c(Oc2ccccc2)coc2ccccc12. The van der Waals surface area contributed by atoms with Crippen LogP contribution in [0.3, 0.4) is 0 Å². The third kappa shape index (κ3) is 1.86. The fourth-order valence-corrected chi connectivity index (χ4v) is 1.75. The molecule has 0 aliphatic carbocycles. The summed E-state index contributed by atoms with van der Waals surface area (Å²) in [6, 6.07) is 16.2. The Kier molecular flexibility index (Phi) is 2.57. The van der Waals surface area contributed by atoms with Crippen molar-refractivity contribution in [2.75, 3.05) is 0 Å². The molecule has 0 N–H and O–H groups in total. The molecule has 1 aromatic heterocycles. The first-order chi connectivity index (χ1) is 8.84. The van der Waals surface area contributed by atoms with Crippen LogP contribution in [-0.4, -0.2) is 0 Å². The van der Waals surface area contributed by atoms with Crippen LogP contribution in [-0.2, 0) is 0 Å². The third-order valence-electron chi connectivity index (χ3n) is 2.62. The molecule has 2 aromatic carbocycles. The molecular weight excluding hydrogens is 228 g/mol. The highest BCUT2D eigenvalue weighted by Crippen LogP contribution is 2.20. The first-order valence-corrected chi connectivity index (χ1v) is 5.58. The molecule has 0 unspecified atom stereocenters. The van der Waals surface area contributed by atoms with E-state index in [2.05, 4.69) is 0 Å². The maximum absolute atomic E-state index is 12.1. The van der Waals surface area contributed by atoms with E-state index in [1.807, 2.05) is 24.3 Å². The van der Waals surface area contributed by atoms with Gasteiger partial charge in [-0.2, -0.15) is 0 Å². The van der Waals surface area contributed by atoms with Gasteiger partial charge in [-0.3, -0.25) is 4.79 Å². The summed E-state index contributed by atoms with van der Waals surface area (Å²) in [4.78, 5) is 12.1. The van der Waals surface area contributed by atoms with Gasteiger partial charge in [-0.1, -0.05) is 30.3 Å². The van der Waals surface area contributed by atoms with Gasteiger partial charge < -0.3 is 9.15 Å². The minimum Gasteiger partial charge on any atom is -0.460 e. The van der Waals surface area contributed by atoms with Crippen LogP contribution < -0.4 is 10.2 Å². The van der Waals surface area contributed by atoms with E-state index in [0.29, 0.717) is 16.7 Å². The van der Waals surface area contributed by atoms with E-state index in [0.717, 1.165) is 0 Å². The fourth-order valence-electron chi connectivity index (χ4n) is 1.75. The Morgan fingerprint density at radius 2 is 1.61 bits per heavy atom. The summed E-state index contributed by atoms with van der Waals surface area (Å²) in [5.41, 5.74) is 0.392. The molecular formula is C15H10O3. The molecule has 0 amide bonds. The van der Waals surface area contributed by atoms with E-state index < -0.39 is 0 Å². The van der Waals surface area contributed by atoms with Gasteiger partial charge in [-0.25, -0.2) is 0 Å². The summed E-state index contributed by atoms with van der Waals surface area (Å²) in [5, 5.41) is 0.519. The van der Waals surface area contributed by atoms with Crippen molar-refractivity contribution in [2.24, 2.45) is 0 Å². The van der Waals surface area contributed by atoms with Crippen LogP contribution in [0.15, 0.2) is 70.1 Å². The molecule has 0 radical (unpaired) electrons. The molecule has 18 heavy (non-hydrogen) atoms. The Labute approximate surface area is 103 Å². The van der Waals surface area contributed by atoms with E-state index in [9.17, 15) is 4.79 Å². The molecule has 0 saturated carbocycles. The smallest absolute Gasteiger partial charge is 0.235 e. The topological polar surface area (TPSA) is 39.4 Å². The predicted octanol–water partition coefficient (Wildman–Crippen LogP) is 3.59. The summed E-state index contributed by atoms with van der Waals surface area (Å²) in [6.45, 7) is 0. The Morgan fingerprint density at radius 1 is 0.889 bits per heavy atom. The molecule has 0 bridgehead atoms. The van der Waals surface area contributed by atoms with Crippen molar-refractivity contribution < 1.29 is 9.15 Å². The van der Waals surface area contributed by atoms with Crippen LogP contribution in [0.2, 0.25) is 0 Å². The predicted molar refractivity (Wildman–Crippen MR) is 69.0 cm³/mol. The van der Waals surface area contributed by atoms with E-state index in [1.165, 1.54) is 6.26 Å². The Hall–Kier alpha value is -2.55. The van der Waals surface area contributed by atoms with Crippen LogP contribution >= 0.6 is 0 Å². The number of hydrogen-bond acceptors (Lipinski definition) is 3. The van der Waals surface area contributed by atoms with Crippen LogP contribution in [0.1, 0.15) is 0 Å². The first kappa shape index (κ1) is 10.6. The Morgan fingerprint density at radius 3 is 2.44 bits per heavy atom. The Balaban J connectivity index is 2.08. The van der Waals surface area contributed by atoms with Gasteiger partial charge in [-0.15, -0.1) is 0 Å². The van der Waals surface area contributed by atoms with Crippen molar-refractivity contribution in [3.63, 3.8) is 0 Å². The maximum atomic E-state index is 12.1. The van der Waals surface area contributed by atoms with Crippen LogP contribution in [0, 0.1) is 0 Å². The monoisotopic (exact) mass is 238 g/mol. The van der Waals surface area contributed by atoms with Gasteiger partial charge in [0.2, 0.25) is 11.2 Å². The van der Waals surface area contributed by atoms with Crippen molar-refractivity contribution in [1.82, 2.24) is 0 Å². The molecule has 0 saturated heterocycles. The standard InChI is InChI=1S/C15H10O3/c16-15-12-8-4-5-9-13(12)17-10-14(15)18-11-6-2-1-3-7-11/h1-10H. The average molecular weight is 238 g/mol. The summed E-state index contributed by atoms with van der Waals surface area (Å²) < 4.78 is 10.9. The minimum absolute atomic E-state index is 0.166. The molecule has 3 nitrogen and oxygen atoms in total. The summed E-state index contributed by atoms with van der Waals surface area (Å²) in [6.07, 6.45) is 1.34. The lowest BCUT2D eigenvalue weighted by molar-refractivity contribution is 0.451. The Bertz CT molecular complexity index is 729. The number of para-hydroxylation sites is 2. The molecule has 3 heteroatoms. The zero-order valence-corrected chi connectivity index (χ0v) is 9.50. The summed E-state index contributed by atoms with van der Waals surface area (Å²) in [7, 11) is 0. The number of benzene rings is 2. The second-order valence-electron chi connectivity index (χ2n) is 3.84. The molecule has 3 rings (SSSR count). The van der Waals surface area contributed by atoms with Gasteiger partial charge >= 0.3 is 0 Å². The van der Waals surface area contributed by atoms with E-state index in [4.69, 9.17) is 9.15 Å². The third-order valence-corrected chi connectivity index (χ3v) is 2.62. The number of rotatable bonds is 2. The summed E-state index contributed by atoms with van der Waals surface area (Å²) >= 11 is 0. The van der Waals surface area contributed by atoms with Crippen molar-refractivity contribution in [3.8, 4) is 11.5 Å². The van der Waals surface area contributed by atoms with Gasteiger partial charge in [0.05, 0.1) is 5.39 Å². The van der Waals surface area contributed by atoms with E-state index in [-0.39, 0.29) is 11.2 Å². The zero-order valence-electron chi connectivity index (χ0n) is 9.50. The molecule has 0 atom stereocenters. The number of ether oxygens (including phenoxy) is 1. The van der Waals surface area contributed by atoms with E-state index in [1.54, 1.807) is 30.3 Å². The highest BCUT2D eigenvalue weighted by atomic mass is 16.5. The molecule has 0 fully saturated rings. The maximum Gasteiger partial charge on any atom is 0.235 e. The van der Waals surface area contributed by atoms with Gasteiger partial charge in [-0.05, 0) is 24.3 Å². The van der Waals surface area contributed by atoms with Crippen molar-refractivity contribution in [2.45, 2.75) is 0 Å². The second-order valence-corrected chi connectivity index (χ2v) is 3.84. The number of fused-ring (bicyclic) bond motifs is 1. The van der Waals surface area contributed by atoms with Crippen molar-refractivity contribution in [1.29, 1.82) is 0 Å². The first-order valence-electron chi connectivity index (χ1n) is 5.58. The quantitative estimate of drug-likeness (QED) is 0.685.